The van der Waals surface area contributed by atoms with Crippen LogP contribution in [0.15, 0.2) is 18.3 Å². The van der Waals surface area contributed by atoms with Crippen molar-refractivity contribution in [2.75, 3.05) is 7.11 Å². The van der Waals surface area contributed by atoms with Crippen LogP contribution in [-0.2, 0) is 16.1 Å². The molecule has 5 nitrogen and oxygen atoms in total. The van der Waals surface area contributed by atoms with Crippen LogP contribution < -0.4 is 5.32 Å². The number of carbonyl (C=O) groups is 2. The number of hydrogen-bond donors (Lipinski definition) is 1. The van der Waals surface area contributed by atoms with Gasteiger partial charge < -0.3 is 14.6 Å². The normalized spacial score (nSPS) is 12.3. The minimum Gasteiger partial charge on any atom is -0.467 e. The van der Waals surface area contributed by atoms with E-state index in [1.807, 2.05) is 0 Å². The highest BCUT2D eigenvalue weighted by atomic mass is 19.3. The van der Waals surface area contributed by atoms with Crippen LogP contribution in [0.25, 0.3) is 0 Å². The number of halogens is 2. The molecule has 7 heteroatoms. The molecule has 0 aromatic carbocycles. The summed E-state index contributed by atoms with van der Waals surface area (Å²) in [7, 11) is 1.20. The number of hydrogen-bond acceptors (Lipinski definition) is 3. The van der Waals surface area contributed by atoms with E-state index in [4.69, 9.17) is 0 Å². The first-order chi connectivity index (χ1) is 8.45. The van der Waals surface area contributed by atoms with Gasteiger partial charge in [0.1, 0.15) is 11.7 Å². The number of alkyl halides is 2. The molecule has 1 unspecified atom stereocenters. The Morgan fingerprint density at radius 1 is 1.50 bits per heavy atom. The molecule has 1 atom stereocenters. The molecular weight excluding hydrogens is 246 g/mol. The first-order valence-corrected chi connectivity index (χ1v) is 5.27. The van der Waals surface area contributed by atoms with Crippen LogP contribution in [0.2, 0.25) is 0 Å². The Bertz CT molecular complexity index is 432. The molecule has 0 fully saturated rings. The van der Waals surface area contributed by atoms with Gasteiger partial charge in [0.2, 0.25) is 0 Å². The third-order valence-corrected chi connectivity index (χ3v) is 2.30. The fourth-order valence-corrected chi connectivity index (χ4v) is 1.43. The van der Waals surface area contributed by atoms with E-state index in [1.54, 1.807) is 0 Å². The molecular formula is C11H14F2N2O3. The first-order valence-electron chi connectivity index (χ1n) is 5.27. The van der Waals surface area contributed by atoms with Gasteiger partial charge in [-0.05, 0) is 19.1 Å². The molecule has 0 aliphatic carbocycles. The molecule has 0 aliphatic heterocycles. The number of aromatic nitrogens is 1. The molecule has 18 heavy (non-hydrogen) atoms. The fraction of sp³-hybridized carbons (Fsp3) is 0.455. The molecule has 0 aliphatic rings. The maximum absolute atomic E-state index is 12.3. The maximum Gasteiger partial charge on any atom is 0.328 e. The number of ether oxygens (including phenoxy) is 1. The van der Waals surface area contributed by atoms with Crippen LogP contribution in [0, 0.1) is 0 Å². The monoisotopic (exact) mass is 260 g/mol. The number of nitrogens with one attached hydrogen (secondary N) is 1. The summed E-state index contributed by atoms with van der Waals surface area (Å²) >= 11 is 0. The van der Waals surface area contributed by atoms with Crippen molar-refractivity contribution in [3.63, 3.8) is 0 Å². The van der Waals surface area contributed by atoms with E-state index >= 15 is 0 Å². The van der Waals surface area contributed by atoms with Crippen LogP contribution in [0.1, 0.15) is 17.4 Å². The van der Waals surface area contributed by atoms with E-state index in [1.165, 1.54) is 32.4 Å². The van der Waals surface area contributed by atoms with E-state index < -0.39 is 30.9 Å². The summed E-state index contributed by atoms with van der Waals surface area (Å²) in [6.07, 6.45) is -1.17. The highest BCUT2D eigenvalue weighted by Crippen LogP contribution is 2.06. The largest absolute Gasteiger partial charge is 0.467 e. The van der Waals surface area contributed by atoms with Gasteiger partial charge >= 0.3 is 5.97 Å². The summed E-state index contributed by atoms with van der Waals surface area (Å²) in [5, 5.41) is 2.37. The van der Waals surface area contributed by atoms with Gasteiger partial charge in [-0.15, -0.1) is 0 Å². The summed E-state index contributed by atoms with van der Waals surface area (Å²) < 4.78 is 30.1. The average Bonchev–Trinajstić information content (AvgIpc) is 2.74. The Hall–Kier alpha value is -1.92. The number of nitrogens with zero attached hydrogens (tertiary/aromatic N) is 1. The van der Waals surface area contributed by atoms with Crippen molar-refractivity contribution in [1.29, 1.82) is 0 Å². The van der Waals surface area contributed by atoms with E-state index in [9.17, 15) is 18.4 Å². The van der Waals surface area contributed by atoms with Gasteiger partial charge in [-0.25, -0.2) is 13.6 Å². The molecule has 0 saturated carbocycles. The molecule has 1 N–H and O–H groups in total. The first kappa shape index (κ1) is 14.1. The molecule has 1 amide bonds. The van der Waals surface area contributed by atoms with E-state index in [0.717, 1.165) is 4.57 Å². The van der Waals surface area contributed by atoms with Gasteiger partial charge in [-0.2, -0.15) is 0 Å². The van der Waals surface area contributed by atoms with Crippen molar-refractivity contribution in [3.05, 3.63) is 24.0 Å². The highest BCUT2D eigenvalue weighted by Gasteiger charge is 2.19. The average molecular weight is 260 g/mol. The molecule has 0 spiro atoms. The van der Waals surface area contributed by atoms with Gasteiger partial charge in [-0.1, -0.05) is 0 Å². The van der Waals surface area contributed by atoms with E-state index in [-0.39, 0.29) is 5.69 Å². The summed E-state index contributed by atoms with van der Waals surface area (Å²) in [5.41, 5.74) is 0.0750. The second-order valence-electron chi connectivity index (χ2n) is 3.66. The number of rotatable bonds is 5. The highest BCUT2D eigenvalue weighted by molar-refractivity contribution is 5.95. The summed E-state index contributed by atoms with van der Waals surface area (Å²) in [6.45, 7) is 0.881. The third-order valence-electron chi connectivity index (χ3n) is 2.30. The van der Waals surface area contributed by atoms with Crippen LogP contribution in [0.5, 0.6) is 0 Å². The summed E-state index contributed by atoms with van der Waals surface area (Å²) in [6, 6.07) is 2.05. The van der Waals surface area contributed by atoms with Crippen LogP contribution in [-0.4, -0.2) is 36.0 Å². The van der Waals surface area contributed by atoms with Crippen LogP contribution in [0.3, 0.4) is 0 Å². The zero-order valence-electron chi connectivity index (χ0n) is 10.0. The van der Waals surface area contributed by atoms with Gasteiger partial charge in [0, 0.05) is 6.20 Å². The minimum atomic E-state index is -2.55. The van der Waals surface area contributed by atoms with E-state index in [0.29, 0.717) is 0 Å². The molecule has 100 valence electrons. The van der Waals surface area contributed by atoms with Crippen molar-refractivity contribution < 1.29 is 23.1 Å². The van der Waals surface area contributed by atoms with Gasteiger partial charge in [0.15, 0.2) is 0 Å². The summed E-state index contributed by atoms with van der Waals surface area (Å²) in [4.78, 5) is 22.9. The topological polar surface area (TPSA) is 60.3 Å². The lowest BCUT2D eigenvalue weighted by Gasteiger charge is -2.13. The zero-order valence-corrected chi connectivity index (χ0v) is 10.0. The molecule has 1 rings (SSSR count). The van der Waals surface area contributed by atoms with Crippen molar-refractivity contribution in [1.82, 2.24) is 9.88 Å². The standard InChI is InChI=1S/C11H14F2N2O3/c1-7(11(17)18-2)14-10(16)8-4-3-5-15(8)6-9(12)13/h3-5,7,9H,6H2,1-2H3,(H,14,16). The lowest BCUT2D eigenvalue weighted by atomic mass is 10.3. The maximum atomic E-state index is 12.3. The molecule has 1 aromatic heterocycles. The van der Waals surface area contributed by atoms with Gasteiger partial charge in [0.05, 0.1) is 13.7 Å². The number of carbonyl (C=O) groups excluding carboxylic acids is 2. The van der Waals surface area contributed by atoms with Crippen molar-refractivity contribution in [3.8, 4) is 0 Å². The Morgan fingerprint density at radius 2 is 2.17 bits per heavy atom. The Balaban J connectivity index is 2.72. The molecule has 0 saturated heterocycles. The van der Waals surface area contributed by atoms with E-state index in [2.05, 4.69) is 10.1 Å². The number of esters is 1. The molecule has 0 radical (unpaired) electrons. The smallest absolute Gasteiger partial charge is 0.328 e. The second kappa shape index (κ2) is 6.13. The predicted molar refractivity (Wildman–Crippen MR) is 59.4 cm³/mol. The Morgan fingerprint density at radius 3 is 2.72 bits per heavy atom. The minimum absolute atomic E-state index is 0.0750. The molecule has 1 heterocycles. The zero-order chi connectivity index (χ0) is 13.7. The second-order valence-corrected chi connectivity index (χ2v) is 3.66. The van der Waals surface area contributed by atoms with Crippen molar-refractivity contribution in [2.24, 2.45) is 0 Å². The van der Waals surface area contributed by atoms with Crippen molar-refractivity contribution >= 4 is 11.9 Å². The fourth-order valence-electron chi connectivity index (χ4n) is 1.43. The van der Waals surface area contributed by atoms with Crippen molar-refractivity contribution in [2.45, 2.75) is 25.9 Å². The number of methoxy groups -OCH3 is 1. The quantitative estimate of drug-likeness (QED) is 0.805. The SMILES string of the molecule is COC(=O)C(C)NC(=O)c1cccn1CC(F)F. The predicted octanol–water partition coefficient (Wildman–Crippen LogP) is 1.04. The molecule has 1 aromatic rings. The lowest BCUT2D eigenvalue weighted by molar-refractivity contribution is -0.142. The van der Waals surface area contributed by atoms with Crippen LogP contribution in [0.4, 0.5) is 8.78 Å². The van der Waals surface area contributed by atoms with Crippen LogP contribution >= 0.6 is 0 Å². The third kappa shape index (κ3) is 3.54. The molecule has 0 bridgehead atoms. The summed E-state index contributed by atoms with van der Waals surface area (Å²) in [5.74, 6) is -1.20. The van der Waals surface area contributed by atoms with Gasteiger partial charge in [-0.3, -0.25) is 4.79 Å². The number of amides is 1. The van der Waals surface area contributed by atoms with Gasteiger partial charge in [0.25, 0.3) is 12.3 Å². The Kier molecular flexibility index (Phi) is 4.82. The lowest BCUT2D eigenvalue weighted by Crippen LogP contribution is -2.40. The Labute approximate surface area is 103 Å².